The Morgan fingerprint density at radius 1 is 1.37 bits per heavy atom. The third-order valence-corrected chi connectivity index (χ3v) is 3.07. The summed E-state index contributed by atoms with van der Waals surface area (Å²) in [4.78, 5) is 15.6. The molecule has 1 aromatic carbocycles. The lowest BCUT2D eigenvalue weighted by Crippen LogP contribution is -2.17. The van der Waals surface area contributed by atoms with Crippen LogP contribution in [0.1, 0.15) is 43.3 Å². The monoisotopic (exact) mass is 257 g/mol. The van der Waals surface area contributed by atoms with E-state index in [4.69, 9.17) is 4.74 Å². The van der Waals surface area contributed by atoms with Gasteiger partial charge < -0.3 is 4.74 Å². The fourth-order valence-electron chi connectivity index (χ4n) is 1.98. The molecular weight excluding hydrogens is 242 g/mol. The van der Waals surface area contributed by atoms with Crippen molar-refractivity contribution < 1.29 is 9.53 Å². The zero-order chi connectivity index (χ0) is 13.2. The van der Waals surface area contributed by atoms with Crippen LogP contribution in [0.4, 0.5) is 0 Å². The molecule has 0 radical (unpaired) electrons. The van der Waals surface area contributed by atoms with Gasteiger partial charge in [0.15, 0.2) is 5.82 Å². The molecule has 1 aliphatic carbocycles. The van der Waals surface area contributed by atoms with Gasteiger partial charge in [0.05, 0.1) is 0 Å². The Labute approximate surface area is 111 Å². The number of ether oxygens (including phenoxy) is 1. The standard InChI is InChI=1S/C14H15N3O2/c1-10(18)19-14(12-5-3-2-4-6-12)17-9-15-13(16-17)11-7-8-11/h2-6,9,11,14H,7-8H2,1H3. The first-order valence-corrected chi connectivity index (χ1v) is 6.37. The highest BCUT2D eigenvalue weighted by molar-refractivity contribution is 5.66. The molecule has 98 valence electrons. The first-order chi connectivity index (χ1) is 9.24. The third-order valence-electron chi connectivity index (χ3n) is 3.07. The van der Waals surface area contributed by atoms with E-state index < -0.39 is 6.23 Å². The third kappa shape index (κ3) is 2.65. The molecule has 1 aliphatic rings. The van der Waals surface area contributed by atoms with Gasteiger partial charge in [-0.1, -0.05) is 30.3 Å². The molecule has 0 saturated heterocycles. The van der Waals surface area contributed by atoms with Crippen molar-refractivity contribution in [3.05, 3.63) is 48.0 Å². The van der Waals surface area contributed by atoms with Crippen molar-refractivity contribution in [2.45, 2.75) is 31.9 Å². The Kier molecular flexibility index (Phi) is 3.03. The van der Waals surface area contributed by atoms with E-state index in [1.807, 2.05) is 30.3 Å². The second-order valence-electron chi connectivity index (χ2n) is 4.73. The van der Waals surface area contributed by atoms with E-state index in [1.54, 1.807) is 11.0 Å². The van der Waals surface area contributed by atoms with Gasteiger partial charge in [0.2, 0.25) is 6.23 Å². The molecule has 5 heteroatoms. The minimum absolute atomic E-state index is 0.336. The summed E-state index contributed by atoms with van der Waals surface area (Å²) in [6, 6.07) is 9.55. The van der Waals surface area contributed by atoms with Crippen LogP contribution in [0.2, 0.25) is 0 Å². The van der Waals surface area contributed by atoms with Crippen molar-refractivity contribution in [3.8, 4) is 0 Å². The average molecular weight is 257 g/mol. The fourth-order valence-corrected chi connectivity index (χ4v) is 1.98. The zero-order valence-electron chi connectivity index (χ0n) is 10.7. The summed E-state index contributed by atoms with van der Waals surface area (Å²) in [7, 11) is 0. The summed E-state index contributed by atoms with van der Waals surface area (Å²) in [5.41, 5.74) is 0.880. The lowest BCUT2D eigenvalue weighted by Gasteiger charge is -2.17. The highest BCUT2D eigenvalue weighted by atomic mass is 16.6. The topological polar surface area (TPSA) is 57.0 Å². The van der Waals surface area contributed by atoms with Crippen LogP contribution in [0, 0.1) is 0 Å². The molecule has 3 rings (SSSR count). The Morgan fingerprint density at radius 2 is 2.11 bits per heavy atom. The van der Waals surface area contributed by atoms with E-state index >= 15 is 0 Å². The van der Waals surface area contributed by atoms with Crippen LogP contribution in [-0.2, 0) is 9.53 Å². The molecule has 0 bridgehead atoms. The van der Waals surface area contributed by atoms with Crippen LogP contribution >= 0.6 is 0 Å². The number of carbonyl (C=O) groups is 1. The molecule has 0 N–H and O–H groups in total. The van der Waals surface area contributed by atoms with Gasteiger partial charge in [-0.3, -0.25) is 4.79 Å². The first-order valence-electron chi connectivity index (χ1n) is 6.37. The Balaban J connectivity index is 1.91. The summed E-state index contributed by atoms with van der Waals surface area (Å²) in [6.07, 6.45) is 3.38. The first kappa shape index (κ1) is 11.9. The molecule has 19 heavy (non-hydrogen) atoms. The maximum atomic E-state index is 11.3. The summed E-state index contributed by atoms with van der Waals surface area (Å²) < 4.78 is 6.97. The number of rotatable bonds is 4. The quantitative estimate of drug-likeness (QED) is 0.788. The minimum Gasteiger partial charge on any atom is -0.435 e. The second-order valence-corrected chi connectivity index (χ2v) is 4.73. The van der Waals surface area contributed by atoms with Gasteiger partial charge in [-0.05, 0) is 12.8 Å². The molecule has 1 aromatic heterocycles. The van der Waals surface area contributed by atoms with Gasteiger partial charge in [0.25, 0.3) is 0 Å². The molecule has 1 fully saturated rings. The average Bonchev–Trinajstić information content (AvgIpc) is 3.15. The van der Waals surface area contributed by atoms with E-state index in [0.717, 1.165) is 24.2 Å². The van der Waals surface area contributed by atoms with E-state index in [1.165, 1.54) is 6.92 Å². The molecule has 1 heterocycles. The second kappa shape index (κ2) is 4.84. The highest BCUT2D eigenvalue weighted by Crippen LogP contribution is 2.38. The van der Waals surface area contributed by atoms with E-state index in [2.05, 4.69) is 10.1 Å². The van der Waals surface area contributed by atoms with Crippen LogP contribution < -0.4 is 0 Å². The van der Waals surface area contributed by atoms with Gasteiger partial charge in [-0.15, -0.1) is 0 Å². The number of hydrogen-bond donors (Lipinski definition) is 0. The SMILES string of the molecule is CC(=O)OC(c1ccccc1)n1cnc(C2CC2)n1. The number of aromatic nitrogens is 3. The lowest BCUT2D eigenvalue weighted by atomic mass is 10.2. The van der Waals surface area contributed by atoms with Crippen molar-refractivity contribution in [2.75, 3.05) is 0 Å². The zero-order valence-corrected chi connectivity index (χ0v) is 10.7. The van der Waals surface area contributed by atoms with Crippen molar-refractivity contribution in [2.24, 2.45) is 0 Å². The summed E-state index contributed by atoms with van der Waals surface area (Å²) in [5, 5.41) is 4.43. The van der Waals surface area contributed by atoms with Gasteiger partial charge in [-0.25, -0.2) is 9.67 Å². The lowest BCUT2D eigenvalue weighted by molar-refractivity contribution is -0.148. The van der Waals surface area contributed by atoms with Gasteiger partial charge in [0, 0.05) is 18.4 Å². The smallest absolute Gasteiger partial charge is 0.304 e. The molecule has 5 nitrogen and oxygen atoms in total. The van der Waals surface area contributed by atoms with Crippen LogP contribution in [0.15, 0.2) is 36.7 Å². The van der Waals surface area contributed by atoms with Gasteiger partial charge in [-0.2, -0.15) is 5.10 Å². The van der Waals surface area contributed by atoms with Crippen molar-refractivity contribution >= 4 is 5.97 Å². The summed E-state index contributed by atoms with van der Waals surface area (Å²) in [5.74, 6) is 0.986. The van der Waals surface area contributed by atoms with E-state index in [9.17, 15) is 4.79 Å². The van der Waals surface area contributed by atoms with Crippen LogP contribution in [0.3, 0.4) is 0 Å². The van der Waals surface area contributed by atoms with Crippen LogP contribution in [0.25, 0.3) is 0 Å². The van der Waals surface area contributed by atoms with Crippen molar-refractivity contribution in [3.63, 3.8) is 0 Å². The number of carbonyl (C=O) groups excluding carboxylic acids is 1. The van der Waals surface area contributed by atoms with Crippen molar-refractivity contribution in [1.82, 2.24) is 14.8 Å². The molecule has 0 amide bonds. The molecule has 0 spiro atoms. The predicted molar refractivity (Wildman–Crippen MR) is 68.3 cm³/mol. The van der Waals surface area contributed by atoms with E-state index in [0.29, 0.717) is 5.92 Å². The predicted octanol–water partition coefficient (Wildman–Crippen LogP) is 2.27. The molecule has 2 aromatic rings. The summed E-state index contributed by atoms with van der Waals surface area (Å²) >= 11 is 0. The highest BCUT2D eigenvalue weighted by Gasteiger charge is 2.29. The molecule has 1 saturated carbocycles. The molecule has 1 atom stereocenters. The molecule has 0 aliphatic heterocycles. The summed E-state index contributed by atoms with van der Waals surface area (Å²) in [6.45, 7) is 1.40. The van der Waals surface area contributed by atoms with Gasteiger partial charge >= 0.3 is 5.97 Å². The number of benzene rings is 1. The Hall–Kier alpha value is -2.17. The number of hydrogen-bond acceptors (Lipinski definition) is 4. The van der Waals surface area contributed by atoms with E-state index in [-0.39, 0.29) is 5.97 Å². The number of esters is 1. The largest absolute Gasteiger partial charge is 0.435 e. The van der Waals surface area contributed by atoms with Crippen LogP contribution in [0.5, 0.6) is 0 Å². The maximum absolute atomic E-state index is 11.3. The normalized spacial score (nSPS) is 16.1. The molecule has 1 unspecified atom stereocenters. The Bertz CT molecular complexity index is 575. The Morgan fingerprint density at radius 3 is 2.74 bits per heavy atom. The maximum Gasteiger partial charge on any atom is 0.304 e. The van der Waals surface area contributed by atoms with Crippen LogP contribution in [-0.4, -0.2) is 20.7 Å². The minimum atomic E-state index is -0.543. The van der Waals surface area contributed by atoms with Crippen molar-refractivity contribution in [1.29, 1.82) is 0 Å². The van der Waals surface area contributed by atoms with Gasteiger partial charge in [0.1, 0.15) is 6.33 Å². The number of nitrogens with zero attached hydrogens (tertiary/aromatic N) is 3. The molecular formula is C14H15N3O2. The fraction of sp³-hybridized carbons (Fsp3) is 0.357.